The van der Waals surface area contributed by atoms with Crippen molar-refractivity contribution < 1.29 is 4.79 Å². The van der Waals surface area contributed by atoms with Crippen LogP contribution in [0.5, 0.6) is 0 Å². The number of pyridine rings is 1. The molecule has 1 atom stereocenters. The van der Waals surface area contributed by atoms with Gasteiger partial charge in [0.1, 0.15) is 6.04 Å². The number of hydrogen-bond donors (Lipinski definition) is 0. The number of rotatable bonds is 8. The van der Waals surface area contributed by atoms with Crippen LogP contribution >= 0.6 is 0 Å². The second kappa shape index (κ2) is 9.65. The molecule has 4 nitrogen and oxygen atoms in total. The smallest absolute Gasteiger partial charge is 0.244 e. The van der Waals surface area contributed by atoms with Gasteiger partial charge in [0.05, 0.1) is 0 Å². The third kappa shape index (κ3) is 4.95. The van der Waals surface area contributed by atoms with Gasteiger partial charge in [-0.2, -0.15) is 0 Å². The van der Waals surface area contributed by atoms with Crippen molar-refractivity contribution in [3.05, 3.63) is 65.5 Å². The Morgan fingerprint density at radius 2 is 1.96 bits per heavy atom. The summed E-state index contributed by atoms with van der Waals surface area (Å²) in [7, 11) is 0. The summed E-state index contributed by atoms with van der Waals surface area (Å²) in [5, 5.41) is 0. The topological polar surface area (TPSA) is 36.4 Å². The van der Waals surface area contributed by atoms with Crippen LogP contribution in [0.4, 0.5) is 0 Å². The van der Waals surface area contributed by atoms with Crippen molar-refractivity contribution in [3.63, 3.8) is 0 Å². The highest BCUT2D eigenvalue weighted by Crippen LogP contribution is 2.28. The maximum Gasteiger partial charge on any atom is 0.244 e. The predicted octanol–water partition coefficient (Wildman–Crippen LogP) is 4.36. The number of benzene rings is 1. The minimum atomic E-state index is -0.220. The summed E-state index contributed by atoms with van der Waals surface area (Å²) in [4.78, 5) is 22.4. The first kappa shape index (κ1) is 19.6. The molecule has 1 amide bonds. The molecule has 3 rings (SSSR count). The number of unbranched alkanes of at least 4 members (excludes halogenated alkanes) is 1. The van der Waals surface area contributed by atoms with Crippen molar-refractivity contribution in [3.8, 4) is 0 Å². The molecular formula is C23H31N3O. The van der Waals surface area contributed by atoms with E-state index in [-0.39, 0.29) is 11.9 Å². The molecule has 2 aromatic rings. The van der Waals surface area contributed by atoms with Gasteiger partial charge in [0, 0.05) is 25.5 Å². The Morgan fingerprint density at radius 1 is 1.19 bits per heavy atom. The summed E-state index contributed by atoms with van der Waals surface area (Å²) in [6.07, 6.45) is 8.06. The fourth-order valence-electron chi connectivity index (χ4n) is 3.83. The van der Waals surface area contributed by atoms with Crippen LogP contribution in [0.2, 0.25) is 0 Å². The lowest BCUT2D eigenvalue weighted by Gasteiger charge is -2.33. The summed E-state index contributed by atoms with van der Waals surface area (Å²) >= 11 is 0. The van der Waals surface area contributed by atoms with E-state index in [1.807, 2.05) is 18.3 Å². The second-order valence-corrected chi connectivity index (χ2v) is 7.47. The van der Waals surface area contributed by atoms with E-state index in [2.05, 4.69) is 52.9 Å². The highest BCUT2D eigenvalue weighted by molar-refractivity contribution is 5.83. The minimum absolute atomic E-state index is 0.210. The van der Waals surface area contributed by atoms with Crippen LogP contribution in [0, 0.1) is 6.92 Å². The molecule has 27 heavy (non-hydrogen) atoms. The van der Waals surface area contributed by atoms with E-state index in [4.69, 9.17) is 0 Å². The Morgan fingerprint density at radius 3 is 2.63 bits per heavy atom. The molecule has 0 N–H and O–H groups in total. The van der Waals surface area contributed by atoms with Crippen molar-refractivity contribution in [1.82, 2.24) is 14.8 Å². The number of hydrogen-bond acceptors (Lipinski definition) is 3. The van der Waals surface area contributed by atoms with Crippen molar-refractivity contribution in [2.24, 2.45) is 0 Å². The zero-order valence-corrected chi connectivity index (χ0v) is 16.6. The molecule has 0 bridgehead atoms. The third-order valence-corrected chi connectivity index (χ3v) is 5.46. The van der Waals surface area contributed by atoms with Crippen LogP contribution < -0.4 is 0 Å². The molecule has 4 heteroatoms. The van der Waals surface area contributed by atoms with Gasteiger partial charge in [-0.15, -0.1) is 0 Å². The van der Waals surface area contributed by atoms with Gasteiger partial charge in [-0.25, -0.2) is 0 Å². The van der Waals surface area contributed by atoms with E-state index in [9.17, 15) is 4.79 Å². The molecule has 144 valence electrons. The van der Waals surface area contributed by atoms with Crippen LogP contribution in [-0.4, -0.2) is 40.3 Å². The molecule has 1 aromatic carbocycles. The predicted molar refractivity (Wildman–Crippen MR) is 109 cm³/mol. The first-order valence-corrected chi connectivity index (χ1v) is 10.2. The number of likely N-dealkylation sites (tertiary alicyclic amines) is 1. The quantitative estimate of drug-likeness (QED) is 0.697. The van der Waals surface area contributed by atoms with E-state index >= 15 is 0 Å². The van der Waals surface area contributed by atoms with Crippen LogP contribution in [0.25, 0.3) is 0 Å². The van der Waals surface area contributed by atoms with Gasteiger partial charge in [0.25, 0.3) is 0 Å². The first-order valence-electron chi connectivity index (χ1n) is 10.2. The molecule has 0 radical (unpaired) electrons. The molecule has 1 aliphatic rings. The van der Waals surface area contributed by atoms with E-state index in [0.717, 1.165) is 50.9 Å². The maximum absolute atomic E-state index is 13.7. The van der Waals surface area contributed by atoms with Gasteiger partial charge in [-0.05, 0) is 62.0 Å². The second-order valence-electron chi connectivity index (χ2n) is 7.47. The average Bonchev–Trinajstić information content (AvgIpc) is 3.21. The third-order valence-electron chi connectivity index (χ3n) is 5.46. The van der Waals surface area contributed by atoms with Gasteiger partial charge < -0.3 is 4.90 Å². The van der Waals surface area contributed by atoms with Crippen molar-refractivity contribution in [1.29, 1.82) is 0 Å². The summed E-state index contributed by atoms with van der Waals surface area (Å²) in [5.41, 5.74) is 3.48. The van der Waals surface area contributed by atoms with Gasteiger partial charge in [-0.1, -0.05) is 43.7 Å². The first-order chi connectivity index (χ1) is 13.2. The van der Waals surface area contributed by atoms with E-state index in [0.29, 0.717) is 6.54 Å². The molecule has 1 aromatic heterocycles. The van der Waals surface area contributed by atoms with E-state index in [1.54, 1.807) is 6.20 Å². The standard InChI is InChI=1S/C23H31N3O/c1-3-4-14-26(18-21-11-6-5-10-19(21)2)23(27)22(25-15-7-8-16-25)20-12-9-13-24-17-20/h5-6,9-13,17,22H,3-4,7-8,14-16,18H2,1-2H3/t22-/m0/s1. The summed E-state index contributed by atoms with van der Waals surface area (Å²) in [6, 6.07) is 12.1. The number of aromatic nitrogens is 1. The number of nitrogens with zero attached hydrogens (tertiary/aromatic N) is 3. The number of carbonyl (C=O) groups is 1. The van der Waals surface area contributed by atoms with E-state index in [1.165, 1.54) is 11.1 Å². The monoisotopic (exact) mass is 365 g/mol. The Bertz CT molecular complexity index is 725. The normalized spacial score (nSPS) is 15.6. The summed E-state index contributed by atoms with van der Waals surface area (Å²) in [5.74, 6) is 0.210. The summed E-state index contributed by atoms with van der Waals surface area (Å²) < 4.78 is 0. The molecule has 0 saturated carbocycles. The van der Waals surface area contributed by atoms with Gasteiger partial charge in [-0.3, -0.25) is 14.7 Å². The van der Waals surface area contributed by atoms with Crippen molar-refractivity contribution in [2.45, 2.75) is 52.1 Å². The average molecular weight is 366 g/mol. The number of carbonyl (C=O) groups excluding carboxylic acids is 1. The Labute approximate surface area is 163 Å². The molecule has 1 aliphatic heterocycles. The highest BCUT2D eigenvalue weighted by Gasteiger charge is 2.33. The lowest BCUT2D eigenvalue weighted by molar-refractivity contribution is -0.137. The SMILES string of the molecule is CCCCN(Cc1ccccc1C)C(=O)[C@H](c1cccnc1)N1CCCC1. The van der Waals surface area contributed by atoms with Gasteiger partial charge in [0.15, 0.2) is 0 Å². The fourth-order valence-corrected chi connectivity index (χ4v) is 3.83. The van der Waals surface area contributed by atoms with Crippen molar-refractivity contribution >= 4 is 5.91 Å². The lowest BCUT2D eigenvalue weighted by atomic mass is 10.0. The Hall–Kier alpha value is -2.20. The molecule has 1 fully saturated rings. The number of amides is 1. The van der Waals surface area contributed by atoms with Crippen molar-refractivity contribution in [2.75, 3.05) is 19.6 Å². The fraction of sp³-hybridized carbons (Fsp3) is 0.478. The highest BCUT2D eigenvalue weighted by atomic mass is 16.2. The molecule has 0 spiro atoms. The van der Waals surface area contributed by atoms with Crippen LogP contribution in [0.15, 0.2) is 48.8 Å². The van der Waals surface area contributed by atoms with Gasteiger partial charge >= 0.3 is 0 Å². The Kier molecular flexibility index (Phi) is 6.99. The Balaban J connectivity index is 1.88. The van der Waals surface area contributed by atoms with E-state index < -0.39 is 0 Å². The minimum Gasteiger partial charge on any atom is -0.337 e. The van der Waals surface area contributed by atoms with Crippen LogP contribution in [-0.2, 0) is 11.3 Å². The summed E-state index contributed by atoms with van der Waals surface area (Å²) in [6.45, 7) is 7.74. The molecular weight excluding hydrogens is 334 g/mol. The molecule has 0 unspecified atom stereocenters. The van der Waals surface area contributed by atoms with Gasteiger partial charge in [0.2, 0.25) is 5.91 Å². The van der Waals surface area contributed by atoms with Crippen LogP contribution in [0.1, 0.15) is 55.3 Å². The zero-order chi connectivity index (χ0) is 19.1. The zero-order valence-electron chi connectivity index (χ0n) is 16.6. The molecule has 0 aliphatic carbocycles. The molecule has 2 heterocycles. The maximum atomic E-state index is 13.7. The molecule has 1 saturated heterocycles. The van der Waals surface area contributed by atoms with Crippen LogP contribution in [0.3, 0.4) is 0 Å². The number of aryl methyl sites for hydroxylation is 1. The largest absolute Gasteiger partial charge is 0.337 e. The lowest BCUT2D eigenvalue weighted by Crippen LogP contribution is -2.42.